The van der Waals surface area contributed by atoms with Crippen LogP contribution in [-0.2, 0) is 0 Å². The predicted molar refractivity (Wildman–Crippen MR) is 272 cm³/mol. The number of hydrogen-bond acceptors (Lipinski definition) is 2. The Morgan fingerprint density at radius 3 is 1.22 bits per heavy atom. The lowest BCUT2D eigenvalue weighted by molar-refractivity contribution is 1.18. The first-order valence-electron chi connectivity index (χ1n) is 22.0. The van der Waals surface area contributed by atoms with Crippen molar-refractivity contribution in [3.63, 3.8) is 0 Å². The van der Waals surface area contributed by atoms with E-state index in [9.17, 15) is 0 Å². The van der Waals surface area contributed by atoms with Crippen molar-refractivity contribution < 1.29 is 0 Å². The highest BCUT2D eigenvalue weighted by atomic mass is 14.9. The molecule has 0 bridgehead atoms. The fraction of sp³-hybridized carbons (Fsp3) is 0. The summed E-state index contributed by atoms with van der Waals surface area (Å²) < 4.78 is 0. The molecule has 2 heteroatoms. The second-order valence-electron chi connectivity index (χ2n) is 16.9. The molecule has 0 unspecified atom stereocenters. The van der Waals surface area contributed by atoms with E-state index in [4.69, 9.17) is 9.97 Å². The van der Waals surface area contributed by atoms with Gasteiger partial charge in [-0.2, -0.15) is 0 Å². The fourth-order valence-electron chi connectivity index (χ4n) is 10.0. The number of nitrogens with zero attached hydrogens (tertiary/aromatic N) is 2. The van der Waals surface area contributed by atoms with Crippen LogP contribution in [0, 0.1) is 0 Å². The van der Waals surface area contributed by atoms with Gasteiger partial charge in [0.2, 0.25) is 0 Å². The van der Waals surface area contributed by atoms with Gasteiger partial charge in [-0.3, -0.25) is 0 Å². The summed E-state index contributed by atoms with van der Waals surface area (Å²) in [6.45, 7) is 0. The van der Waals surface area contributed by atoms with Crippen molar-refractivity contribution in [3.8, 4) is 56.2 Å². The fourth-order valence-corrected chi connectivity index (χ4v) is 10.0. The van der Waals surface area contributed by atoms with Gasteiger partial charge in [0.1, 0.15) is 0 Å². The van der Waals surface area contributed by atoms with E-state index >= 15 is 0 Å². The molecule has 0 spiro atoms. The predicted octanol–water partition coefficient (Wildman–Crippen LogP) is 16.9. The van der Waals surface area contributed by atoms with E-state index in [1.807, 2.05) is 0 Å². The first-order chi connectivity index (χ1) is 31.7. The molecular weight excluding hydrogens is 773 g/mol. The summed E-state index contributed by atoms with van der Waals surface area (Å²) in [6.07, 6.45) is 0. The number of benzene rings is 12. The Kier molecular flexibility index (Phi) is 8.25. The van der Waals surface area contributed by atoms with Crippen molar-refractivity contribution >= 4 is 75.4 Å². The van der Waals surface area contributed by atoms with Crippen molar-refractivity contribution in [2.45, 2.75) is 0 Å². The molecule has 0 radical (unpaired) electrons. The zero-order chi connectivity index (χ0) is 42.1. The summed E-state index contributed by atoms with van der Waals surface area (Å²) in [4.78, 5) is 10.9. The average molecular weight is 811 g/mol. The molecule has 296 valence electrons. The smallest absolute Gasteiger partial charge is 0.160 e. The van der Waals surface area contributed by atoms with Crippen LogP contribution in [-0.4, -0.2) is 9.97 Å². The number of hydrogen-bond donors (Lipinski definition) is 0. The second-order valence-corrected chi connectivity index (χ2v) is 16.9. The molecule has 0 fully saturated rings. The lowest BCUT2D eigenvalue weighted by atomic mass is 9.89. The van der Waals surface area contributed by atoms with Gasteiger partial charge in [0.15, 0.2) is 5.82 Å². The van der Waals surface area contributed by atoms with Gasteiger partial charge in [0.25, 0.3) is 0 Å². The van der Waals surface area contributed by atoms with Crippen molar-refractivity contribution in [3.05, 3.63) is 231 Å². The standard InChI is InChI=1S/C62H38N2/c1-3-15-41-31-45(27-25-39(41)13-1)60-38-61(46-28-26-40-14-2-4-16-42(40)32-46)64-62(63-60)49-34-47(33-48(35-49)58-37-44-17-5-6-18-50(44)51-19-7-11-23-55(51)58)43-29-30-57-54-22-9-8-20-52(54)53-21-10-12-24-56(53)59(57)36-43/h1-38H. The van der Waals surface area contributed by atoms with Crippen LogP contribution >= 0.6 is 0 Å². The minimum Gasteiger partial charge on any atom is -0.228 e. The molecule has 0 saturated carbocycles. The first kappa shape index (κ1) is 36.2. The maximum Gasteiger partial charge on any atom is 0.160 e. The second kappa shape index (κ2) is 14.6. The number of fused-ring (bicyclic) bond motifs is 11. The highest BCUT2D eigenvalue weighted by Gasteiger charge is 2.18. The van der Waals surface area contributed by atoms with Crippen LogP contribution in [0.25, 0.3) is 132 Å². The maximum absolute atomic E-state index is 5.46. The quantitative estimate of drug-likeness (QED) is 0.162. The van der Waals surface area contributed by atoms with E-state index in [1.54, 1.807) is 0 Å². The van der Waals surface area contributed by atoms with Gasteiger partial charge >= 0.3 is 0 Å². The number of rotatable bonds is 5. The third-order valence-electron chi connectivity index (χ3n) is 13.2. The van der Waals surface area contributed by atoms with Crippen molar-refractivity contribution in [2.75, 3.05) is 0 Å². The van der Waals surface area contributed by atoms with E-state index in [0.717, 1.165) is 44.8 Å². The van der Waals surface area contributed by atoms with Gasteiger partial charge in [-0.1, -0.05) is 182 Å². The van der Waals surface area contributed by atoms with Crippen LogP contribution < -0.4 is 0 Å². The van der Waals surface area contributed by atoms with Crippen molar-refractivity contribution in [1.29, 1.82) is 0 Å². The van der Waals surface area contributed by atoms with Crippen LogP contribution in [0.15, 0.2) is 231 Å². The SMILES string of the molecule is c1ccc2cc(-c3cc(-c4ccc5ccccc5c4)nc(-c4cc(-c5ccc6c7ccccc7c7ccccc7c6c5)cc(-c5cc6ccccc6c6ccccc56)c4)n3)ccc2c1. The van der Waals surface area contributed by atoms with Gasteiger partial charge in [-0.15, -0.1) is 0 Å². The molecular formula is C62H38N2. The van der Waals surface area contributed by atoms with Crippen LogP contribution in [0.3, 0.4) is 0 Å². The zero-order valence-electron chi connectivity index (χ0n) is 34.8. The topological polar surface area (TPSA) is 25.8 Å². The Hall–Kier alpha value is -8.46. The molecule has 1 aromatic heterocycles. The van der Waals surface area contributed by atoms with Crippen LogP contribution in [0.2, 0.25) is 0 Å². The molecule has 64 heavy (non-hydrogen) atoms. The molecule has 13 aromatic rings. The summed E-state index contributed by atoms with van der Waals surface area (Å²) in [5, 5.41) is 17.2. The Balaban J connectivity index is 1.09. The minimum absolute atomic E-state index is 0.680. The molecule has 0 aliphatic rings. The van der Waals surface area contributed by atoms with E-state index < -0.39 is 0 Å². The molecule has 0 saturated heterocycles. The Bertz CT molecular complexity index is 3900. The lowest BCUT2D eigenvalue weighted by Gasteiger charge is -2.16. The van der Waals surface area contributed by atoms with Crippen LogP contribution in [0.5, 0.6) is 0 Å². The molecule has 12 aromatic carbocycles. The molecule has 0 atom stereocenters. The zero-order valence-corrected chi connectivity index (χ0v) is 34.8. The normalized spacial score (nSPS) is 11.8. The molecule has 0 amide bonds. The average Bonchev–Trinajstić information content (AvgIpc) is 3.37. The van der Waals surface area contributed by atoms with Crippen molar-refractivity contribution in [2.24, 2.45) is 0 Å². The van der Waals surface area contributed by atoms with Gasteiger partial charge in [0, 0.05) is 16.7 Å². The first-order valence-corrected chi connectivity index (χ1v) is 22.0. The van der Waals surface area contributed by atoms with Crippen molar-refractivity contribution in [1.82, 2.24) is 9.97 Å². The molecule has 1 heterocycles. The highest BCUT2D eigenvalue weighted by Crippen LogP contribution is 2.42. The molecule has 0 aliphatic heterocycles. The summed E-state index contributed by atoms with van der Waals surface area (Å²) in [5.74, 6) is 0.680. The monoisotopic (exact) mass is 810 g/mol. The summed E-state index contributed by atoms with van der Waals surface area (Å²) in [7, 11) is 0. The van der Waals surface area contributed by atoms with E-state index in [2.05, 4.69) is 231 Å². The largest absolute Gasteiger partial charge is 0.228 e. The Morgan fingerprint density at radius 2 is 0.625 bits per heavy atom. The highest BCUT2D eigenvalue weighted by molar-refractivity contribution is 6.26. The summed E-state index contributed by atoms with van der Waals surface area (Å²) in [6, 6.07) is 83.8. The van der Waals surface area contributed by atoms with Gasteiger partial charge in [-0.25, -0.2) is 9.97 Å². The van der Waals surface area contributed by atoms with Gasteiger partial charge in [0.05, 0.1) is 11.4 Å². The van der Waals surface area contributed by atoms with Crippen LogP contribution in [0.1, 0.15) is 0 Å². The third kappa shape index (κ3) is 6.03. The Labute approximate surface area is 370 Å². The van der Waals surface area contributed by atoms with Gasteiger partial charge in [-0.05, 0) is 146 Å². The summed E-state index contributed by atoms with van der Waals surface area (Å²) >= 11 is 0. The number of aromatic nitrogens is 2. The lowest BCUT2D eigenvalue weighted by Crippen LogP contribution is -1.97. The molecule has 0 aliphatic carbocycles. The summed E-state index contributed by atoms with van der Waals surface area (Å²) in [5.41, 5.74) is 9.36. The van der Waals surface area contributed by atoms with E-state index in [-0.39, 0.29) is 0 Å². The molecule has 13 rings (SSSR count). The van der Waals surface area contributed by atoms with E-state index in [0.29, 0.717) is 5.82 Å². The maximum atomic E-state index is 5.46. The third-order valence-corrected chi connectivity index (χ3v) is 13.2. The van der Waals surface area contributed by atoms with Gasteiger partial charge < -0.3 is 0 Å². The van der Waals surface area contributed by atoms with Crippen LogP contribution in [0.4, 0.5) is 0 Å². The molecule has 0 N–H and O–H groups in total. The molecule has 2 nitrogen and oxygen atoms in total. The minimum atomic E-state index is 0.680. The Morgan fingerprint density at radius 1 is 0.203 bits per heavy atom. The van der Waals surface area contributed by atoms with E-state index in [1.165, 1.54) is 81.0 Å².